The Bertz CT molecular complexity index is 2140. The molecule has 5 nitrogen and oxygen atoms in total. The number of para-hydroxylation sites is 4. The van der Waals surface area contributed by atoms with Gasteiger partial charge < -0.3 is 0 Å². The summed E-state index contributed by atoms with van der Waals surface area (Å²) in [6, 6.07) is 42.1. The second kappa shape index (κ2) is 10.9. The molecule has 0 aliphatic heterocycles. The normalized spacial score (nSPS) is 12.1. The van der Waals surface area contributed by atoms with E-state index in [-0.39, 0.29) is 10.8 Å². The summed E-state index contributed by atoms with van der Waals surface area (Å²) in [5, 5.41) is 10.6. The molecule has 0 atom stereocenters. The Kier molecular flexibility index (Phi) is 6.90. The van der Waals surface area contributed by atoms with Crippen molar-refractivity contribution >= 4 is 22.1 Å². The lowest BCUT2D eigenvalue weighted by Gasteiger charge is -2.21. The van der Waals surface area contributed by atoms with Crippen molar-refractivity contribution in [1.82, 2.24) is 19.1 Å². The minimum Gasteiger partial charge on any atom is -0.296 e. The Morgan fingerprint density at radius 3 is 1.35 bits per heavy atom. The van der Waals surface area contributed by atoms with Crippen LogP contribution in [-0.2, 0) is 10.8 Å². The maximum Gasteiger partial charge on any atom is 0.119 e. The summed E-state index contributed by atoms with van der Waals surface area (Å²) in [7, 11) is 0. The Labute approximate surface area is 270 Å². The zero-order valence-corrected chi connectivity index (χ0v) is 27.2. The monoisotopic (exact) mass is 599 g/mol. The highest BCUT2D eigenvalue weighted by molar-refractivity contribution is 5.85. The molecule has 0 saturated carbocycles. The topological polar surface area (TPSA) is 59.4 Å². The highest BCUT2D eigenvalue weighted by Crippen LogP contribution is 2.37. The van der Waals surface area contributed by atoms with E-state index < -0.39 is 0 Å². The van der Waals surface area contributed by atoms with Crippen LogP contribution >= 0.6 is 0 Å². The molecule has 2 aromatic heterocycles. The third-order valence-corrected chi connectivity index (χ3v) is 8.47. The van der Waals surface area contributed by atoms with E-state index >= 15 is 0 Å². The van der Waals surface area contributed by atoms with E-state index in [0.29, 0.717) is 5.56 Å². The lowest BCUT2D eigenvalue weighted by atomic mass is 9.91. The Morgan fingerprint density at radius 1 is 0.522 bits per heavy atom. The molecular weight excluding hydrogens is 562 g/mol. The van der Waals surface area contributed by atoms with Crippen LogP contribution in [0.5, 0.6) is 0 Å². The Balaban J connectivity index is 1.37. The molecule has 2 heterocycles. The summed E-state index contributed by atoms with van der Waals surface area (Å²) >= 11 is 0. The predicted octanol–water partition coefficient (Wildman–Crippen LogP) is 10.2. The van der Waals surface area contributed by atoms with Gasteiger partial charge in [0.05, 0.1) is 27.6 Å². The van der Waals surface area contributed by atoms with E-state index in [9.17, 15) is 5.26 Å². The molecule has 7 rings (SSSR count). The van der Waals surface area contributed by atoms with Gasteiger partial charge in [0.25, 0.3) is 0 Å². The average molecular weight is 600 g/mol. The van der Waals surface area contributed by atoms with Crippen molar-refractivity contribution in [2.45, 2.75) is 52.4 Å². The average Bonchev–Trinajstić information content (AvgIpc) is 3.65. The van der Waals surface area contributed by atoms with Gasteiger partial charge in [-0.2, -0.15) is 5.26 Å². The first kappa shape index (κ1) is 29.3. The van der Waals surface area contributed by atoms with Gasteiger partial charge >= 0.3 is 0 Å². The molecule has 226 valence electrons. The Hall–Kier alpha value is -5.47. The second-order valence-corrected chi connectivity index (χ2v) is 14.0. The molecule has 0 bridgehead atoms. The second-order valence-electron chi connectivity index (χ2n) is 14.0. The van der Waals surface area contributed by atoms with Crippen molar-refractivity contribution in [3.05, 3.63) is 132 Å². The number of hydrogen-bond acceptors (Lipinski definition) is 3. The van der Waals surface area contributed by atoms with Gasteiger partial charge in [0.1, 0.15) is 17.7 Å². The number of hydrogen-bond donors (Lipinski definition) is 0. The minimum absolute atomic E-state index is 0.162. The van der Waals surface area contributed by atoms with E-state index in [1.165, 1.54) is 0 Å². The van der Waals surface area contributed by atoms with E-state index in [1.807, 2.05) is 30.3 Å². The third-order valence-electron chi connectivity index (χ3n) is 8.47. The maximum absolute atomic E-state index is 10.6. The molecule has 0 spiro atoms. The fourth-order valence-corrected chi connectivity index (χ4v) is 6.36. The van der Waals surface area contributed by atoms with Crippen LogP contribution in [0.1, 0.15) is 58.8 Å². The van der Waals surface area contributed by atoms with Crippen LogP contribution in [-0.4, -0.2) is 19.1 Å². The summed E-state index contributed by atoms with van der Waals surface area (Å²) in [6.45, 7) is 13.1. The number of rotatable bonds is 4. The van der Waals surface area contributed by atoms with Crippen LogP contribution in [0, 0.1) is 11.3 Å². The molecule has 0 N–H and O–H groups in total. The van der Waals surface area contributed by atoms with E-state index in [0.717, 1.165) is 67.3 Å². The summed E-state index contributed by atoms with van der Waals surface area (Å²) in [5.74, 6) is 2.00. The smallest absolute Gasteiger partial charge is 0.119 e. The molecule has 0 aliphatic carbocycles. The number of nitrogens with zero attached hydrogens (tertiary/aromatic N) is 5. The van der Waals surface area contributed by atoms with Gasteiger partial charge in [-0.3, -0.25) is 9.13 Å². The largest absolute Gasteiger partial charge is 0.296 e. The third kappa shape index (κ3) is 4.97. The molecule has 0 amide bonds. The molecule has 0 radical (unpaired) electrons. The van der Waals surface area contributed by atoms with Gasteiger partial charge in [-0.1, -0.05) is 108 Å². The molecule has 0 unspecified atom stereocenters. The molecule has 5 heteroatoms. The zero-order valence-electron chi connectivity index (χ0n) is 27.2. The number of aromatic nitrogens is 4. The highest BCUT2D eigenvalue weighted by atomic mass is 15.1. The highest BCUT2D eigenvalue weighted by Gasteiger charge is 2.25. The number of imidazole rings is 2. The molecule has 5 aromatic carbocycles. The molecule has 0 saturated heterocycles. The van der Waals surface area contributed by atoms with Crippen LogP contribution in [0.25, 0.3) is 55.7 Å². The molecular formula is C41H37N5. The van der Waals surface area contributed by atoms with E-state index in [2.05, 4.69) is 142 Å². The van der Waals surface area contributed by atoms with Crippen molar-refractivity contribution in [2.75, 3.05) is 0 Å². The SMILES string of the molecule is CC(C)(C)c1nc2ccccc2n1-c1cccc(-c2cccc(-c3cccc(-n4c(C(C)(C)C)nc5ccccc54)c3)c2C#N)c1. The lowest BCUT2D eigenvalue weighted by molar-refractivity contribution is 0.539. The number of fused-ring (bicyclic) bond motifs is 2. The van der Waals surface area contributed by atoms with Crippen molar-refractivity contribution in [3.63, 3.8) is 0 Å². The van der Waals surface area contributed by atoms with E-state index in [1.54, 1.807) is 0 Å². The molecule has 0 aliphatic rings. The van der Waals surface area contributed by atoms with Crippen molar-refractivity contribution in [3.8, 4) is 39.7 Å². The summed E-state index contributed by atoms with van der Waals surface area (Å²) in [5.41, 5.74) is 10.2. The van der Waals surface area contributed by atoms with Crippen molar-refractivity contribution in [2.24, 2.45) is 0 Å². The van der Waals surface area contributed by atoms with Crippen LogP contribution < -0.4 is 0 Å². The fourth-order valence-electron chi connectivity index (χ4n) is 6.36. The van der Waals surface area contributed by atoms with Gasteiger partial charge in [-0.15, -0.1) is 0 Å². The van der Waals surface area contributed by atoms with Crippen LogP contribution in [0.4, 0.5) is 0 Å². The van der Waals surface area contributed by atoms with Gasteiger partial charge in [0.2, 0.25) is 0 Å². The molecule has 7 aromatic rings. The first-order valence-corrected chi connectivity index (χ1v) is 15.8. The first-order chi connectivity index (χ1) is 22.0. The summed E-state index contributed by atoms with van der Waals surface area (Å²) in [4.78, 5) is 10.0. The predicted molar refractivity (Wildman–Crippen MR) is 189 cm³/mol. The van der Waals surface area contributed by atoms with E-state index in [4.69, 9.17) is 9.97 Å². The van der Waals surface area contributed by atoms with Gasteiger partial charge in [-0.05, 0) is 59.7 Å². The number of benzene rings is 5. The van der Waals surface area contributed by atoms with Crippen LogP contribution in [0.15, 0.2) is 115 Å². The van der Waals surface area contributed by atoms with Gasteiger partial charge in [-0.25, -0.2) is 9.97 Å². The van der Waals surface area contributed by atoms with Crippen molar-refractivity contribution < 1.29 is 0 Å². The lowest BCUT2D eigenvalue weighted by Crippen LogP contribution is -2.18. The van der Waals surface area contributed by atoms with Crippen LogP contribution in [0.3, 0.4) is 0 Å². The fraction of sp³-hybridized carbons (Fsp3) is 0.195. The maximum atomic E-state index is 10.6. The summed E-state index contributed by atoms with van der Waals surface area (Å²) < 4.78 is 4.50. The minimum atomic E-state index is -0.162. The van der Waals surface area contributed by atoms with Gasteiger partial charge in [0.15, 0.2) is 0 Å². The first-order valence-electron chi connectivity index (χ1n) is 15.8. The quantitative estimate of drug-likeness (QED) is 0.202. The van der Waals surface area contributed by atoms with Gasteiger partial charge in [0, 0.05) is 33.3 Å². The van der Waals surface area contributed by atoms with Crippen molar-refractivity contribution in [1.29, 1.82) is 5.26 Å². The molecule has 46 heavy (non-hydrogen) atoms. The Morgan fingerprint density at radius 2 is 0.935 bits per heavy atom. The summed E-state index contributed by atoms with van der Waals surface area (Å²) in [6.07, 6.45) is 0. The zero-order chi connectivity index (χ0) is 32.2. The number of nitriles is 1. The standard InChI is InChI=1S/C41H37N5/c1-40(2,3)38-43-34-20-7-9-22-36(34)45(38)29-16-11-14-27(24-29)31-18-13-19-32(33(31)26-42)28-15-12-17-30(25-28)46-37-23-10-8-21-35(37)44-39(46)41(4,5)6/h7-25H,1-6H3. The van der Waals surface area contributed by atoms with Crippen LogP contribution in [0.2, 0.25) is 0 Å². The molecule has 0 fully saturated rings.